The van der Waals surface area contributed by atoms with Gasteiger partial charge in [0, 0.05) is 19.6 Å². The van der Waals surface area contributed by atoms with Crippen LogP contribution >= 0.6 is 0 Å². The Kier molecular flexibility index (Phi) is 5.22. The van der Waals surface area contributed by atoms with E-state index in [1.807, 2.05) is 11.9 Å². The van der Waals surface area contributed by atoms with Gasteiger partial charge in [0.15, 0.2) is 0 Å². The average Bonchev–Trinajstić information content (AvgIpc) is 2.27. The summed E-state index contributed by atoms with van der Waals surface area (Å²) >= 11 is 0. The molecule has 4 heteroatoms. The molecule has 0 aliphatic carbocycles. The number of amides is 1. The van der Waals surface area contributed by atoms with Gasteiger partial charge in [0.1, 0.15) is 0 Å². The summed E-state index contributed by atoms with van der Waals surface area (Å²) in [6, 6.07) is 0.0244. The molecule has 94 valence electrons. The zero-order chi connectivity index (χ0) is 12.1. The van der Waals surface area contributed by atoms with E-state index in [2.05, 4.69) is 18.9 Å². The van der Waals surface area contributed by atoms with Gasteiger partial charge in [-0.3, -0.25) is 4.79 Å². The number of carbonyl (C=O) groups excluding carboxylic acids is 1. The first-order chi connectivity index (χ1) is 7.56. The Morgan fingerprint density at radius 1 is 1.62 bits per heavy atom. The zero-order valence-corrected chi connectivity index (χ0v) is 10.8. The highest BCUT2D eigenvalue weighted by atomic mass is 16.2. The van der Waals surface area contributed by atoms with Gasteiger partial charge in [-0.1, -0.05) is 13.3 Å². The normalized spacial score (nSPS) is 24.1. The lowest BCUT2D eigenvalue weighted by Crippen LogP contribution is -2.51. The summed E-state index contributed by atoms with van der Waals surface area (Å²) in [5, 5.41) is 0. The molecule has 4 nitrogen and oxygen atoms in total. The number of likely N-dealkylation sites (tertiary alicyclic amines) is 1. The maximum atomic E-state index is 12.0. The SMILES string of the molecule is CCC[C@H](N)C(=O)N(C)C1CCCN(C)C1. The van der Waals surface area contributed by atoms with Crippen molar-refractivity contribution in [1.29, 1.82) is 0 Å². The van der Waals surface area contributed by atoms with Crippen LogP contribution in [0.4, 0.5) is 0 Å². The summed E-state index contributed by atoms with van der Waals surface area (Å²) in [5.74, 6) is 0.0992. The lowest BCUT2D eigenvalue weighted by atomic mass is 10.0. The van der Waals surface area contributed by atoms with Gasteiger partial charge in [-0.15, -0.1) is 0 Å². The topological polar surface area (TPSA) is 49.6 Å². The fraction of sp³-hybridized carbons (Fsp3) is 0.917. The van der Waals surface area contributed by atoms with Gasteiger partial charge in [-0.05, 0) is 32.9 Å². The molecule has 0 radical (unpaired) electrons. The molecule has 0 aromatic heterocycles. The van der Waals surface area contributed by atoms with Gasteiger partial charge in [0.2, 0.25) is 5.91 Å². The third kappa shape index (κ3) is 3.46. The van der Waals surface area contributed by atoms with Crippen LogP contribution in [0, 0.1) is 0 Å². The van der Waals surface area contributed by atoms with Crippen molar-refractivity contribution in [2.45, 2.75) is 44.7 Å². The van der Waals surface area contributed by atoms with Gasteiger partial charge in [0.25, 0.3) is 0 Å². The van der Waals surface area contributed by atoms with Crippen molar-refractivity contribution in [2.24, 2.45) is 5.73 Å². The Labute approximate surface area is 98.8 Å². The lowest BCUT2D eigenvalue weighted by Gasteiger charge is -2.36. The molecule has 0 spiro atoms. The third-order valence-corrected chi connectivity index (χ3v) is 3.41. The number of hydrogen-bond acceptors (Lipinski definition) is 3. The number of carbonyl (C=O) groups is 1. The first kappa shape index (κ1) is 13.5. The highest BCUT2D eigenvalue weighted by Crippen LogP contribution is 2.14. The molecule has 0 saturated carbocycles. The average molecular weight is 227 g/mol. The quantitative estimate of drug-likeness (QED) is 0.768. The van der Waals surface area contributed by atoms with Crippen molar-refractivity contribution in [1.82, 2.24) is 9.80 Å². The molecule has 0 aromatic carbocycles. The number of hydrogen-bond donors (Lipinski definition) is 1. The predicted molar refractivity (Wildman–Crippen MR) is 66.2 cm³/mol. The van der Waals surface area contributed by atoms with Crippen LogP contribution < -0.4 is 5.73 Å². The summed E-state index contributed by atoms with van der Waals surface area (Å²) in [6.07, 6.45) is 4.02. The van der Waals surface area contributed by atoms with Crippen LogP contribution in [-0.4, -0.2) is 55.0 Å². The maximum Gasteiger partial charge on any atom is 0.239 e. The van der Waals surface area contributed by atoms with Crippen LogP contribution in [0.3, 0.4) is 0 Å². The monoisotopic (exact) mass is 227 g/mol. The molecule has 1 rings (SSSR count). The summed E-state index contributed by atoms with van der Waals surface area (Å²) in [5.41, 5.74) is 5.87. The molecule has 1 saturated heterocycles. The van der Waals surface area contributed by atoms with E-state index < -0.39 is 0 Å². The molecule has 1 fully saturated rings. The standard InChI is InChI=1S/C12H25N3O/c1-4-6-11(13)12(16)15(3)10-7-5-8-14(2)9-10/h10-11H,4-9,13H2,1-3H3/t10?,11-/m0/s1. The maximum absolute atomic E-state index is 12.0. The first-order valence-corrected chi connectivity index (χ1v) is 6.27. The molecular formula is C12H25N3O. The second-order valence-corrected chi connectivity index (χ2v) is 4.90. The molecule has 2 N–H and O–H groups in total. The molecule has 0 bridgehead atoms. The zero-order valence-electron chi connectivity index (χ0n) is 10.8. The van der Waals surface area contributed by atoms with Crippen molar-refractivity contribution in [2.75, 3.05) is 27.2 Å². The van der Waals surface area contributed by atoms with Gasteiger partial charge in [-0.25, -0.2) is 0 Å². The van der Waals surface area contributed by atoms with E-state index in [0.29, 0.717) is 6.04 Å². The number of likely N-dealkylation sites (N-methyl/N-ethyl adjacent to an activating group) is 2. The number of nitrogens with two attached hydrogens (primary N) is 1. The van der Waals surface area contributed by atoms with Crippen LogP contribution in [-0.2, 0) is 4.79 Å². The van der Waals surface area contributed by atoms with Crippen molar-refractivity contribution in [3.05, 3.63) is 0 Å². The van der Waals surface area contributed by atoms with E-state index in [4.69, 9.17) is 5.73 Å². The van der Waals surface area contributed by atoms with E-state index in [1.54, 1.807) is 0 Å². The number of nitrogens with zero attached hydrogens (tertiary/aromatic N) is 2. The van der Waals surface area contributed by atoms with Crippen molar-refractivity contribution >= 4 is 5.91 Å². The fourth-order valence-electron chi connectivity index (χ4n) is 2.33. The Bertz CT molecular complexity index is 232. The number of piperidine rings is 1. The van der Waals surface area contributed by atoms with Gasteiger partial charge < -0.3 is 15.5 Å². The predicted octanol–water partition coefficient (Wildman–Crippen LogP) is 0.666. The summed E-state index contributed by atoms with van der Waals surface area (Å²) in [6.45, 7) is 4.17. The van der Waals surface area contributed by atoms with E-state index >= 15 is 0 Å². The number of rotatable bonds is 4. The van der Waals surface area contributed by atoms with Crippen LogP contribution in [0.2, 0.25) is 0 Å². The van der Waals surface area contributed by atoms with Gasteiger partial charge >= 0.3 is 0 Å². The largest absolute Gasteiger partial charge is 0.340 e. The summed E-state index contributed by atoms with van der Waals surface area (Å²) in [4.78, 5) is 16.2. The summed E-state index contributed by atoms with van der Waals surface area (Å²) < 4.78 is 0. The smallest absolute Gasteiger partial charge is 0.239 e. The van der Waals surface area contributed by atoms with E-state index in [-0.39, 0.29) is 11.9 Å². The van der Waals surface area contributed by atoms with Crippen LogP contribution in [0.5, 0.6) is 0 Å². The minimum absolute atomic E-state index is 0.0992. The minimum Gasteiger partial charge on any atom is -0.340 e. The molecule has 16 heavy (non-hydrogen) atoms. The van der Waals surface area contributed by atoms with Crippen molar-refractivity contribution in [3.8, 4) is 0 Å². The van der Waals surface area contributed by atoms with E-state index in [1.165, 1.54) is 6.42 Å². The minimum atomic E-state index is -0.317. The van der Waals surface area contributed by atoms with Crippen molar-refractivity contribution in [3.63, 3.8) is 0 Å². The van der Waals surface area contributed by atoms with Crippen LogP contribution in [0.15, 0.2) is 0 Å². The third-order valence-electron chi connectivity index (χ3n) is 3.41. The van der Waals surface area contributed by atoms with Crippen LogP contribution in [0.1, 0.15) is 32.6 Å². The lowest BCUT2D eigenvalue weighted by molar-refractivity contribution is -0.134. The molecule has 1 amide bonds. The summed E-state index contributed by atoms with van der Waals surface area (Å²) in [7, 11) is 4.00. The highest BCUT2D eigenvalue weighted by Gasteiger charge is 2.26. The Morgan fingerprint density at radius 3 is 2.88 bits per heavy atom. The Morgan fingerprint density at radius 2 is 2.31 bits per heavy atom. The van der Waals surface area contributed by atoms with E-state index in [0.717, 1.165) is 32.4 Å². The second kappa shape index (κ2) is 6.21. The Hall–Kier alpha value is -0.610. The fourth-order valence-corrected chi connectivity index (χ4v) is 2.33. The molecular weight excluding hydrogens is 202 g/mol. The van der Waals surface area contributed by atoms with Gasteiger partial charge in [0.05, 0.1) is 6.04 Å². The first-order valence-electron chi connectivity index (χ1n) is 6.27. The second-order valence-electron chi connectivity index (χ2n) is 4.90. The van der Waals surface area contributed by atoms with Crippen molar-refractivity contribution < 1.29 is 4.79 Å². The molecule has 1 heterocycles. The molecule has 2 atom stereocenters. The van der Waals surface area contributed by atoms with Crippen LogP contribution in [0.25, 0.3) is 0 Å². The molecule has 0 aromatic rings. The highest BCUT2D eigenvalue weighted by molar-refractivity contribution is 5.81. The van der Waals surface area contributed by atoms with Gasteiger partial charge in [-0.2, -0.15) is 0 Å². The Balaban J connectivity index is 2.48. The van der Waals surface area contributed by atoms with E-state index in [9.17, 15) is 4.79 Å². The molecule has 1 aliphatic heterocycles. The molecule has 1 aliphatic rings. The molecule has 1 unspecified atom stereocenters.